The van der Waals surface area contributed by atoms with Crippen LogP contribution >= 0.6 is 0 Å². The standard InChI is InChI=1S/C19H18F2N2O2/c1-12(13-7-3-2-4-8-13)23-16-10-6-5-9-14(16)11-15(19(23)25)22-18(24)17(20)21/h2-10,12,15,17H,11H2,1H3,(H,22,24)/t12-,15+/m0/s1. The average Bonchev–Trinajstić information content (AvgIpc) is 2.62. The van der Waals surface area contributed by atoms with E-state index in [1.807, 2.05) is 61.5 Å². The van der Waals surface area contributed by atoms with Gasteiger partial charge in [0.05, 0.1) is 6.04 Å². The van der Waals surface area contributed by atoms with Crippen molar-refractivity contribution in [2.75, 3.05) is 4.90 Å². The molecule has 3 rings (SSSR count). The molecule has 2 aromatic carbocycles. The number of rotatable bonds is 4. The van der Waals surface area contributed by atoms with E-state index in [1.165, 1.54) is 0 Å². The van der Waals surface area contributed by atoms with Gasteiger partial charge in [0, 0.05) is 12.1 Å². The van der Waals surface area contributed by atoms with E-state index < -0.39 is 18.4 Å². The number of anilines is 1. The van der Waals surface area contributed by atoms with Gasteiger partial charge in [-0.05, 0) is 24.1 Å². The topological polar surface area (TPSA) is 49.4 Å². The van der Waals surface area contributed by atoms with Crippen LogP contribution in [0, 0.1) is 0 Å². The van der Waals surface area contributed by atoms with E-state index in [2.05, 4.69) is 5.32 Å². The number of amides is 2. The monoisotopic (exact) mass is 344 g/mol. The lowest BCUT2D eigenvalue weighted by Gasteiger charge is -2.38. The lowest BCUT2D eigenvalue weighted by Crippen LogP contribution is -2.54. The van der Waals surface area contributed by atoms with Gasteiger partial charge in [-0.3, -0.25) is 9.59 Å². The van der Waals surface area contributed by atoms with Gasteiger partial charge in [0.15, 0.2) is 0 Å². The molecule has 25 heavy (non-hydrogen) atoms. The summed E-state index contributed by atoms with van der Waals surface area (Å²) >= 11 is 0. The Balaban J connectivity index is 1.97. The summed E-state index contributed by atoms with van der Waals surface area (Å²) in [5, 5.41) is 2.17. The van der Waals surface area contributed by atoms with Crippen molar-refractivity contribution in [3.05, 3.63) is 65.7 Å². The third kappa shape index (κ3) is 3.38. The molecule has 0 aromatic heterocycles. The largest absolute Gasteiger partial charge is 0.339 e. The molecule has 0 radical (unpaired) electrons. The number of para-hydroxylation sites is 1. The first-order valence-electron chi connectivity index (χ1n) is 8.03. The second-order valence-electron chi connectivity index (χ2n) is 5.99. The van der Waals surface area contributed by atoms with Crippen LogP contribution in [0.3, 0.4) is 0 Å². The van der Waals surface area contributed by atoms with E-state index in [1.54, 1.807) is 4.90 Å². The summed E-state index contributed by atoms with van der Waals surface area (Å²) < 4.78 is 25.2. The summed E-state index contributed by atoms with van der Waals surface area (Å²) in [6, 6.07) is 15.5. The molecule has 1 aliphatic heterocycles. The molecule has 1 heterocycles. The predicted molar refractivity (Wildman–Crippen MR) is 90.4 cm³/mol. The SMILES string of the molecule is C[C@@H](c1ccccc1)N1C(=O)[C@H](NC(=O)C(F)F)Cc2ccccc21. The second-order valence-corrected chi connectivity index (χ2v) is 5.99. The fraction of sp³-hybridized carbons (Fsp3) is 0.263. The first-order valence-corrected chi connectivity index (χ1v) is 8.03. The Morgan fingerprint density at radius 2 is 1.76 bits per heavy atom. The fourth-order valence-corrected chi connectivity index (χ4v) is 3.14. The van der Waals surface area contributed by atoms with Crippen molar-refractivity contribution >= 4 is 17.5 Å². The number of hydrogen-bond acceptors (Lipinski definition) is 2. The van der Waals surface area contributed by atoms with E-state index in [-0.39, 0.29) is 18.4 Å². The Morgan fingerprint density at radius 1 is 1.12 bits per heavy atom. The first kappa shape index (κ1) is 17.1. The maximum atomic E-state index is 12.9. The number of benzene rings is 2. The lowest BCUT2D eigenvalue weighted by atomic mass is 9.94. The summed E-state index contributed by atoms with van der Waals surface area (Å²) in [6.45, 7) is 1.88. The van der Waals surface area contributed by atoms with Crippen molar-refractivity contribution in [1.29, 1.82) is 0 Å². The van der Waals surface area contributed by atoms with Gasteiger partial charge in [0.25, 0.3) is 5.91 Å². The molecular weight excluding hydrogens is 326 g/mol. The number of fused-ring (bicyclic) bond motifs is 1. The van der Waals surface area contributed by atoms with Gasteiger partial charge in [0.1, 0.15) is 6.04 Å². The third-order valence-electron chi connectivity index (χ3n) is 4.39. The molecular formula is C19H18F2N2O2. The molecule has 0 fully saturated rings. The van der Waals surface area contributed by atoms with Crippen molar-refractivity contribution in [2.24, 2.45) is 0 Å². The molecule has 0 saturated heterocycles. The molecule has 130 valence electrons. The van der Waals surface area contributed by atoms with Crippen LogP contribution in [0.15, 0.2) is 54.6 Å². The Bertz CT molecular complexity index is 780. The van der Waals surface area contributed by atoms with Crippen LogP contribution in [0.25, 0.3) is 0 Å². The fourth-order valence-electron chi connectivity index (χ4n) is 3.14. The van der Waals surface area contributed by atoms with Crippen molar-refractivity contribution in [2.45, 2.75) is 31.9 Å². The highest BCUT2D eigenvalue weighted by atomic mass is 19.3. The van der Waals surface area contributed by atoms with Crippen LogP contribution in [0.1, 0.15) is 24.1 Å². The first-order chi connectivity index (χ1) is 12.0. The van der Waals surface area contributed by atoms with E-state index in [0.29, 0.717) is 0 Å². The maximum Gasteiger partial charge on any atom is 0.315 e. The number of nitrogens with one attached hydrogen (secondary N) is 1. The van der Waals surface area contributed by atoms with Gasteiger partial charge >= 0.3 is 6.43 Å². The molecule has 2 atom stereocenters. The van der Waals surface area contributed by atoms with Crippen LogP contribution in [0.4, 0.5) is 14.5 Å². The zero-order chi connectivity index (χ0) is 18.0. The Hall–Kier alpha value is -2.76. The van der Waals surface area contributed by atoms with Gasteiger partial charge in [-0.15, -0.1) is 0 Å². The molecule has 1 N–H and O–H groups in total. The number of alkyl halides is 2. The van der Waals surface area contributed by atoms with Gasteiger partial charge in [-0.2, -0.15) is 8.78 Å². The van der Waals surface area contributed by atoms with E-state index >= 15 is 0 Å². The van der Waals surface area contributed by atoms with E-state index in [0.717, 1.165) is 16.8 Å². The van der Waals surface area contributed by atoms with Gasteiger partial charge in [-0.1, -0.05) is 48.5 Å². The number of nitrogens with zero attached hydrogens (tertiary/aromatic N) is 1. The van der Waals surface area contributed by atoms with Crippen LogP contribution < -0.4 is 10.2 Å². The van der Waals surface area contributed by atoms with Gasteiger partial charge in [-0.25, -0.2) is 0 Å². The molecule has 2 amide bonds. The molecule has 6 heteroatoms. The minimum Gasteiger partial charge on any atom is -0.339 e. The summed E-state index contributed by atoms with van der Waals surface area (Å²) in [5.74, 6) is -1.81. The predicted octanol–water partition coefficient (Wildman–Crippen LogP) is 3.09. The summed E-state index contributed by atoms with van der Waals surface area (Å²) in [6.07, 6.45) is -2.95. The average molecular weight is 344 g/mol. The molecule has 2 aromatic rings. The maximum absolute atomic E-state index is 12.9. The highest BCUT2D eigenvalue weighted by Crippen LogP contribution is 2.34. The zero-order valence-corrected chi connectivity index (χ0v) is 13.7. The number of hydrogen-bond donors (Lipinski definition) is 1. The van der Waals surface area contributed by atoms with Gasteiger partial charge < -0.3 is 10.2 Å². The second kappa shape index (κ2) is 7.01. The van der Waals surface area contributed by atoms with Crippen LogP contribution in [-0.2, 0) is 16.0 Å². The minimum absolute atomic E-state index is 0.200. The summed E-state index contributed by atoms with van der Waals surface area (Å²) in [4.78, 5) is 25.9. The lowest BCUT2D eigenvalue weighted by molar-refractivity contribution is -0.135. The molecule has 0 bridgehead atoms. The molecule has 0 saturated carbocycles. The van der Waals surface area contributed by atoms with E-state index in [9.17, 15) is 18.4 Å². The quantitative estimate of drug-likeness (QED) is 0.927. The molecule has 0 spiro atoms. The Kier molecular flexibility index (Phi) is 4.79. The molecule has 4 nitrogen and oxygen atoms in total. The van der Waals surface area contributed by atoms with Crippen molar-refractivity contribution in [3.63, 3.8) is 0 Å². The highest BCUT2D eigenvalue weighted by Gasteiger charge is 2.37. The molecule has 0 aliphatic carbocycles. The highest BCUT2D eigenvalue weighted by molar-refractivity contribution is 6.02. The van der Waals surface area contributed by atoms with Crippen LogP contribution in [0.5, 0.6) is 0 Å². The number of carbonyl (C=O) groups is 2. The number of halogens is 2. The molecule has 1 aliphatic rings. The normalized spacial score (nSPS) is 18.0. The summed E-state index contributed by atoms with van der Waals surface area (Å²) in [7, 11) is 0. The minimum atomic E-state index is -3.15. The van der Waals surface area contributed by atoms with E-state index in [4.69, 9.17) is 0 Å². The van der Waals surface area contributed by atoms with Gasteiger partial charge in [0.2, 0.25) is 5.91 Å². The smallest absolute Gasteiger partial charge is 0.315 e. The summed E-state index contributed by atoms with van der Waals surface area (Å²) in [5.41, 5.74) is 2.50. The van der Waals surface area contributed by atoms with Crippen LogP contribution in [0.2, 0.25) is 0 Å². The van der Waals surface area contributed by atoms with Crippen molar-refractivity contribution < 1.29 is 18.4 Å². The Morgan fingerprint density at radius 3 is 2.44 bits per heavy atom. The Labute approximate surface area is 144 Å². The zero-order valence-electron chi connectivity index (χ0n) is 13.7. The number of carbonyl (C=O) groups excluding carboxylic acids is 2. The van der Waals surface area contributed by atoms with Crippen molar-refractivity contribution in [3.8, 4) is 0 Å². The van der Waals surface area contributed by atoms with Crippen molar-refractivity contribution in [1.82, 2.24) is 5.32 Å². The molecule has 0 unspecified atom stereocenters. The third-order valence-corrected chi connectivity index (χ3v) is 4.39. The van der Waals surface area contributed by atoms with Crippen LogP contribution in [-0.4, -0.2) is 24.3 Å².